The van der Waals surface area contributed by atoms with Crippen LogP contribution in [0, 0.1) is 5.41 Å². The van der Waals surface area contributed by atoms with E-state index in [1.165, 1.54) is 18.2 Å². The van der Waals surface area contributed by atoms with E-state index in [1.807, 2.05) is 0 Å². The van der Waals surface area contributed by atoms with E-state index >= 15 is 0 Å². The zero-order valence-electron chi connectivity index (χ0n) is 9.57. The first-order valence-corrected chi connectivity index (χ1v) is 6.36. The van der Waals surface area contributed by atoms with E-state index in [2.05, 4.69) is 5.32 Å². The van der Waals surface area contributed by atoms with Crippen LogP contribution in [-0.4, -0.2) is 17.8 Å². The van der Waals surface area contributed by atoms with Crippen LogP contribution in [0.4, 0.5) is 10.5 Å². The Morgan fingerprint density at radius 3 is 2.42 bits per heavy atom. The van der Waals surface area contributed by atoms with Gasteiger partial charge >= 0.3 is 6.03 Å². The molecule has 1 aromatic rings. The van der Waals surface area contributed by atoms with Gasteiger partial charge in [-0.3, -0.25) is 14.9 Å². The number of hydrogen-bond acceptors (Lipinski definition) is 3. The Morgan fingerprint density at radius 2 is 1.84 bits per heavy atom. The third-order valence-electron chi connectivity index (χ3n) is 3.37. The number of nitrogens with one attached hydrogen (secondary N) is 1. The van der Waals surface area contributed by atoms with Gasteiger partial charge in [-0.25, -0.2) is 9.69 Å². The fourth-order valence-corrected chi connectivity index (χ4v) is 2.62. The first-order valence-electron chi connectivity index (χ1n) is 5.61. The molecule has 7 heteroatoms. The molecule has 0 radical (unpaired) electrons. The molecule has 0 bridgehead atoms. The third kappa shape index (κ3) is 1.73. The Bertz CT molecular complexity index is 625. The van der Waals surface area contributed by atoms with E-state index in [4.69, 9.17) is 23.2 Å². The summed E-state index contributed by atoms with van der Waals surface area (Å²) in [5, 5.41) is 2.77. The smallest absolute Gasteiger partial charge is 0.276 e. The largest absolute Gasteiger partial charge is 0.335 e. The van der Waals surface area contributed by atoms with Crippen molar-refractivity contribution in [1.29, 1.82) is 0 Å². The Labute approximate surface area is 118 Å². The van der Waals surface area contributed by atoms with Gasteiger partial charge in [-0.15, -0.1) is 0 Å². The summed E-state index contributed by atoms with van der Waals surface area (Å²) < 4.78 is 0. The van der Waals surface area contributed by atoms with E-state index in [1.54, 1.807) is 0 Å². The molecule has 1 aliphatic carbocycles. The van der Waals surface area contributed by atoms with Crippen molar-refractivity contribution in [3.05, 3.63) is 28.2 Å². The fourth-order valence-electron chi connectivity index (χ4n) is 2.12. The monoisotopic (exact) mass is 298 g/mol. The van der Waals surface area contributed by atoms with Gasteiger partial charge in [0, 0.05) is 5.02 Å². The number of amides is 4. The van der Waals surface area contributed by atoms with Crippen molar-refractivity contribution in [2.75, 3.05) is 4.90 Å². The molecule has 5 nitrogen and oxygen atoms in total. The van der Waals surface area contributed by atoms with Crippen LogP contribution in [0.3, 0.4) is 0 Å². The van der Waals surface area contributed by atoms with Crippen LogP contribution in [0.1, 0.15) is 12.8 Å². The number of halogens is 2. The number of urea groups is 1. The number of hydrogen-bond donors (Lipinski definition) is 1. The average Bonchev–Trinajstić information content (AvgIpc) is 3.11. The highest BCUT2D eigenvalue weighted by Crippen LogP contribution is 2.50. The Morgan fingerprint density at radius 1 is 1.16 bits per heavy atom. The number of nitrogens with zero attached hydrogens (tertiary/aromatic N) is 1. The highest BCUT2D eigenvalue weighted by Gasteiger charge is 2.62. The highest BCUT2D eigenvalue weighted by molar-refractivity contribution is 6.39. The third-order valence-corrected chi connectivity index (χ3v) is 3.91. The van der Waals surface area contributed by atoms with Crippen LogP contribution in [0.25, 0.3) is 0 Å². The molecular formula is C12H8Cl2N2O3. The maximum absolute atomic E-state index is 12.3. The molecule has 1 aromatic carbocycles. The molecule has 1 N–H and O–H groups in total. The highest BCUT2D eigenvalue weighted by atomic mass is 35.5. The molecule has 4 amide bonds. The summed E-state index contributed by atoms with van der Waals surface area (Å²) >= 11 is 11.8. The summed E-state index contributed by atoms with van der Waals surface area (Å²) in [6, 6.07) is 3.67. The van der Waals surface area contributed by atoms with Crippen molar-refractivity contribution in [3.8, 4) is 0 Å². The van der Waals surface area contributed by atoms with Crippen LogP contribution < -0.4 is 10.2 Å². The number of benzene rings is 1. The van der Waals surface area contributed by atoms with Crippen molar-refractivity contribution in [2.45, 2.75) is 12.8 Å². The van der Waals surface area contributed by atoms with Crippen molar-refractivity contribution in [2.24, 2.45) is 5.41 Å². The van der Waals surface area contributed by atoms with Gasteiger partial charge in [-0.2, -0.15) is 0 Å². The lowest BCUT2D eigenvalue weighted by atomic mass is 10.0. The first-order chi connectivity index (χ1) is 8.95. The molecule has 0 unspecified atom stereocenters. The van der Waals surface area contributed by atoms with Crippen molar-refractivity contribution in [1.82, 2.24) is 5.32 Å². The normalized spacial score (nSPS) is 20.7. The molecule has 1 spiro atoms. The van der Waals surface area contributed by atoms with Crippen molar-refractivity contribution < 1.29 is 14.4 Å². The van der Waals surface area contributed by atoms with Gasteiger partial charge in [0.15, 0.2) is 0 Å². The van der Waals surface area contributed by atoms with E-state index in [9.17, 15) is 14.4 Å². The minimum atomic E-state index is -1.09. The van der Waals surface area contributed by atoms with Gasteiger partial charge in [-0.05, 0) is 31.0 Å². The standard InChI is InChI=1S/C12H8Cl2N2O3/c13-6-1-2-8(7(14)5-6)16-10(18)12(3-4-12)9(17)15-11(16)19/h1-2,5H,3-4H2,(H,15,17,19). The summed E-state index contributed by atoms with van der Waals surface area (Å²) in [7, 11) is 0. The summed E-state index contributed by atoms with van der Waals surface area (Å²) in [5.41, 5.74) is -0.857. The molecule has 0 atom stereocenters. The van der Waals surface area contributed by atoms with E-state index < -0.39 is 23.3 Å². The molecule has 1 heterocycles. The Balaban J connectivity index is 2.06. The number of carbonyl (C=O) groups excluding carboxylic acids is 3. The molecule has 2 fully saturated rings. The maximum Gasteiger partial charge on any atom is 0.335 e. The zero-order chi connectivity index (χ0) is 13.8. The quantitative estimate of drug-likeness (QED) is 0.809. The van der Waals surface area contributed by atoms with Gasteiger partial charge in [0.1, 0.15) is 5.41 Å². The van der Waals surface area contributed by atoms with Crippen LogP contribution >= 0.6 is 23.2 Å². The van der Waals surface area contributed by atoms with Crippen molar-refractivity contribution in [3.63, 3.8) is 0 Å². The predicted octanol–water partition coefficient (Wildman–Crippen LogP) is 2.36. The fraction of sp³-hybridized carbons (Fsp3) is 0.250. The number of carbonyl (C=O) groups is 3. The van der Waals surface area contributed by atoms with E-state index in [-0.39, 0.29) is 10.7 Å². The van der Waals surface area contributed by atoms with Crippen LogP contribution in [0.15, 0.2) is 18.2 Å². The van der Waals surface area contributed by atoms with Gasteiger partial charge in [-0.1, -0.05) is 23.2 Å². The number of barbiturate groups is 1. The summed E-state index contributed by atoms with van der Waals surface area (Å²) in [4.78, 5) is 36.8. The predicted molar refractivity (Wildman–Crippen MR) is 69.2 cm³/mol. The SMILES string of the molecule is O=C1NC(=O)C2(CC2)C(=O)N1c1ccc(Cl)cc1Cl. The number of rotatable bonds is 1. The number of anilines is 1. The minimum absolute atomic E-state index is 0.182. The molecule has 1 aliphatic heterocycles. The molecule has 0 aromatic heterocycles. The van der Waals surface area contributed by atoms with Gasteiger partial charge in [0.2, 0.25) is 5.91 Å². The molecular weight excluding hydrogens is 291 g/mol. The lowest BCUT2D eigenvalue weighted by Crippen LogP contribution is -2.59. The first kappa shape index (κ1) is 12.4. The van der Waals surface area contributed by atoms with Gasteiger partial charge < -0.3 is 0 Å². The second kappa shape index (κ2) is 3.95. The van der Waals surface area contributed by atoms with Gasteiger partial charge in [0.05, 0.1) is 10.7 Å². The molecule has 3 rings (SSSR count). The van der Waals surface area contributed by atoms with Crippen LogP contribution in [0.5, 0.6) is 0 Å². The minimum Gasteiger partial charge on any atom is -0.276 e. The average molecular weight is 299 g/mol. The summed E-state index contributed by atoms with van der Waals surface area (Å²) in [6.07, 6.45) is 0.902. The topological polar surface area (TPSA) is 66.5 Å². The van der Waals surface area contributed by atoms with Crippen molar-refractivity contribution >= 4 is 46.7 Å². The Hall–Kier alpha value is -1.59. The lowest BCUT2D eigenvalue weighted by molar-refractivity contribution is -0.136. The second-order valence-corrected chi connectivity index (χ2v) is 5.42. The van der Waals surface area contributed by atoms with Crippen LogP contribution in [-0.2, 0) is 9.59 Å². The molecule has 1 saturated heterocycles. The molecule has 98 valence electrons. The summed E-state index contributed by atoms with van der Waals surface area (Å²) in [6.45, 7) is 0. The number of imide groups is 2. The van der Waals surface area contributed by atoms with Gasteiger partial charge in [0.25, 0.3) is 5.91 Å². The zero-order valence-corrected chi connectivity index (χ0v) is 11.1. The lowest BCUT2D eigenvalue weighted by Gasteiger charge is -2.30. The Kier molecular flexibility index (Phi) is 2.59. The van der Waals surface area contributed by atoms with Crippen LogP contribution in [0.2, 0.25) is 10.0 Å². The van der Waals surface area contributed by atoms with E-state index in [0.29, 0.717) is 17.9 Å². The van der Waals surface area contributed by atoms with E-state index in [0.717, 1.165) is 4.90 Å². The molecule has 19 heavy (non-hydrogen) atoms. The summed E-state index contributed by atoms with van der Waals surface area (Å²) in [5.74, 6) is -1.05. The molecule has 1 saturated carbocycles. The second-order valence-electron chi connectivity index (χ2n) is 4.58. The molecule has 2 aliphatic rings. The maximum atomic E-state index is 12.3.